The normalized spacial score (nSPS) is 11.4. The number of aromatic nitrogens is 1. The van der Waals surface area contributed by atoms with Gasteiger partial charge in [-0.2, -0.15) is 0 Å². The Balaban J connectivity index is 2.24. The Morgan fingerprint density at radius 2 is 2.09 bits per heavy atom. The Morgan fingerprint density at radius 1 is 1.36 bits per heavy atom. The zero-order valence-electron chi connectivity index (χ0n) is 12.2. The molecule has 0 bridgehead atoms. The molecule has 0 fully saturated rings. The highest BCUT2D eigenvalue weighted by molar-refractivity contribution is 7.92. The van der Waals surface area contributed by atoms with E-state index in [2.05, 4.69) is 5.16 Å². The zero-order chi connectivity index (χ0) is 16.3. The second-order valence-corrected chi connectivity index (χ2v) is 6.72. The molecule has 0 atom stereocenters. The molecule has 7 nitrogen and oxygen atoms in total. The molecule has 1 N–H and O–H groups in total. The number of rotatable bonds is 6. The minimum Gasteiger partial charge on any atom is -0.478 e. The molecule has 0 aliphatic heterocycles. The SMILES string of the molecule is CCc1cc(CS(=O)(=O)N(C)c2cccc(C(=O)O)c2)on1. The predicted octanol–water partition coefficient (Wildman–Crippen LogP) is 1.90. The average Bonchev–Trinajstić information content (AvgIpc) is 2.93. The van der Waals surface area contributed by atoms with Crippen LogP contribution in [0.25, 0.3) is 0 Å². The van der Waals surface area contributed by atoms with Crippen molar-refractivity contribution in [2.75, 3.05) is 11.4 Å². The third-order valence-electron chi connectivity index (χ3n) is 3.17. The van der Waals surface area contributed by atoms with Gasteiger partial charge < -0.3 is 9.63 Å². The molecule has 0 radical (unpaired) electrons. The molecule has 22 heavy (non-hydrogen) atoms. The van der Waals surface area contributed by atoms with Gasteiger partial charge in [0.1, 0.15) is 5.75 Å². The Bertz CT molecular complexity index is 782. The van der Waals surface area contributed by atoms with Crippen molar-refractivity contribution in [2.45, 2.75) is 19.1 Å². The summed E-state index contributed by atoms with van der Waals surface area (Å²) >= 11 is 0. The summed E-state index contributed by atoms with van der Waals surface area (Å²) in [4.78, 5) is 11.0. The lowest BCUT2D eigenvalue weighted by atomic mass is 10.2. The molecule has 1 aromatic heterocycles. The van der Waals surface area contributed by atoms with Crippen molar-refractivity contribution in [1.29, 1.82) is 0 Å². The van der Waals surface area contributed by atoms with Gasteiger partial charge in [0.05, 0.1) is 16.9 Å². The Morgan fingerprint density at radius 3 is 2.68 bits per heavy atom. The van der Waals surface area contributed by atoms with Crippen LogP contribution in [0, 0.1) is 0 Å². The first-order chi connectivity index (χ1) is 10.3. The van der Waals surface area contributed by atoms with Gasteiger partial charge in [-0.25, -0.2) is 13.2 Å². The predicted molar refractivity (Wildman–Crippen MR) is 80.3 cm³/mol. The average molecular weight is 324 g/mol. The minimum absolute atomic E-state index is 0.0208. The molecule has 118 valence electrons. The molecule has 1 heterocycles. The maximum Gasteiger partial charge on any atom is 0.335 e. The molecule has 0 saturated heterocycles. The highest BCUT2D eigenvalue weighted by Crippen LogP contribution is 2.20. The van der Waals surface area contributed by atoms with E-state index >= 15 is 0 Å². The van der Waals surface area contributed by atoms with Crippen molar-refractivity contribution in [3.05, 3.63) is 47.3 Å². The number of sulfonamides is 1. The maximum absolute atomic E-state index is 12.4. The van der Waals surface area contributed by atoms with Crippen LogP contribution in [0.4, 0.5) is 5.69 Å². The number of nitrogens with zero attached hydrogens (tertiary/aromatic N) is 2. The van der Waals surface area contributed by atoms with E-state index in [9.17, 15) is 13.2 Å². The minimum atomic E-state index is -3.70. The van der Waals surface area contributed by atoms with Crippen LogP contribution >= 0.6 is 0 Å². The van der Waals surface area contributed by atoms with E-state index in [0.29, 0.717) is 12.1 Å². The van der Waals surface area contributed by atoms with Gasteiger partial charge in [0.2, 0.25) is 10.0 Å². The van der Waals surface area contributed by atoms with E-state index in [1.54, 1.807) is 6.07 Å². The molecule has 2 aromatic rings. The fraction of sp³-hybridized carbons (Fsp3) is 0.286. The van der Waals surface area contributed by atoms with Gasteiger partial charge in [-0.3, -0.25) is 4.31 Å². The number of aromatic carboxylic acids is 1. The van der Waals surface area contributed by atoms with Crippen molar-refractivity contribution < 1.29 is 22.8 Å². The summed E-state index contributed by atoms with van der Waals surface area (Å²) in [5.41, 5.74) is 0.975. The van der Waals surface area contributed by atoms with Gasteiger partial charge >= 0.3 is 5.97 Å². The molecule has 0 aliphatic carbocycles. The molecular weight excluding hydrogens is 308 g/mol. The number of anilines is 1. The fourth-order valence-corrected chi connectivity index (χ4v) is 2.99. The highest BCUT2D eigenvalue weighted by atomic mass is 32.2. The van der Waals surface area contributed by atoms with E-state index < -0.39 is 16.0 Å². The van der Waals surface area contributed by atoms with Crippen LogP contribution in [0.3, 0.4) is 0 Å². The smallest absolute Gasteiger partial charge is 0.335 e. The van der Waals surface area contributed by atoms with Gasteiger partial charge in [0, 0.05) is 13.1 Å². The number of carbonyl (C=O) groups is 1. The molecule has 8 heteroatoms. The van der Waals surface area contributed by atoms with Crippen molar-refractivity contribution in [3.8, 4) is 0 Å². The second-order valence-electron chi connectivity index (χ2n) is 4.72. The van der Waals surface area contributed by atoms with Crippen LogP contribution in [0.2, 0.25) is 0 Å². The number of carboxylic acids is 1. The lowest BCUT2D eigenvalue weighted by molar-refractivity contribution is 0.0697. The quantitative estimate of drug-likeness (QED) is 0.871. The first kappa shape index (κ1) is 16.0. The van der Waals surface area contributed by atoms with Gasteiger partial charge in [-0.1, -0.05) is 18.1 Å². The molecule has 2 rings (SSSR count). The van der Waals surface area contributed by atoms with Crippen LogP contribution in [0.1, 0.15) is 28.7 Å². The summed E-state index contributed by atoms with van der Waals surface area (Å²) in [6.07, 6.45) is 0.653. The fourth-order valence-electron chi connectivity index (χ4n) is 1.86. The zero-order valence-corrected chi connectivity index (χ0v) is 13.0. The third-order valence-corrected chi connectivity index (χ3v) is 4.86. The van der Waals surface area contributed by atoms with E-state index in [1.165, 1.54) is 31.3 Å². The Kier molecular flexibility index (Phi) is 4.51. The van der Waals surface area contributed by atoms with Crippen molar-refractivity contribution >= 4 is 21.7 Å². The van der Waals surface area contributed by atoms with Crippen LogP contribution in [0.15, 0.2) is 34.9 Å². The molecule has 1 aromatic carbocycles. The van der Waals surface area contributed by atoms with Gasteiger partial charge in [0.25, 0.3) is 0 Å². The molecular formula is C14H16N2O5S. The lowest BCUT2D eigenvalue weighted by Crippen LogP contribution is -2.27. The summed E-state index contributed by atoms with van der Waals surface area (Å²) in [6, 6.07) is 7.32. The Labute approximate surface area is 128 Å². The van der Waals surface area contributed by atoms with E-state index in [1.807, 2.05) is 6.92 Å². The molecule has 0 unspecified atom stereocenters. The molecule has 0 amide bonds. The topological polar surface area (TPSA) is 101 Å². The van der Waals surface area contributed by atoms with Crippen molar-refractivity contribution in [1.82, 2.24) is 5.16 Å². The third kappa shape index (κ3) is 3.45. The van der Waals surface area contributed by atoms with Crippen molar-refractivity contribution in [2.24, 2.45) is 0 Å². The molecule has 0 aliphatic rings. The van der Waals surface area contributed by atoms with Crippen molar-refractivity contribution in [3.63, 3.8) is 0 Å². The van der Waals surface area contributed by atoms with E-state index in [-0.39, 0.29) is 22.8 Å². The van der Waals surface area contributed by atoms with Crippen LogP contribution in [-0.2, 0) is 22.2 Å². The number of aryl methyl sites for hydroxylation is 1. The summed E-state index contributed by atoms with van der Waals surface area (Å²) in [6.45, 7) is 1.89. The summed E-state index contributed by atoms with van der Waals surface area (Å²) < 4.78 is 30.8. The summed E-state index contributed by atoms with van der Waals surface area (Å²) in [5.74, 6) is -1.21. The second kappa shape index (κ2) is 6.18. The first-order valence-electron chi connectivity index (χ1n) is 6.58. The number of carboxylic acid groups (broad SMARTS) is 1. The Hall–Kier alpha value is -2.35. The number of benzene rings is 1. The number of hydrogen-bond donors (Lipinski definition) is 1. The van der Waals surface area contributed by atoms with Crippen LogP contribution in [0.5, 0.6) is 0 Å². The van der Waals surface area contributed by atoms with Gasteiger partial charge in [0.15, 0.2) is 5.76 Å². The highest BCUT2D eigenvalue weighted by Gasteiger charge is 2.22. The maximum atomic E-state index is 12.4. The van der Waals surface area contributed by atoms with Crippen LogP contribution < -0.4 is 4.31 Å². The van der Waals surface area contributed by atoms with Gasteiger partial charge in [-0.15, -0.1) is 0 Å². The van der Waals surface area contributed by atoms with Crippen LogP contribution in [-0.4, -0.2) is 31.7 Å². The standard InChI is InChI=1S/C14H16N2O5S/c1-3-11-8-13(21-15-11)9-22(19,20)16(2)12-6-4-5-10(7-12)14(17)18/h4-8H,3,9H2,1-2H3,(H,17,18). The first-order valence-corrected chi connectivity index (χ1v) is 8.19. The van der Waals surface area contributed by atoms with E-state index in [4.69, 9.17) is 9.63 Å². The number of hydrogen-bond acceptors (Lipinski definition) is 5. The van der Waals surface area contributed by atoms with E-state index in [0.717, 1.165) is 4.31 Å². The van der Waals surface area contributed by atoms with Gasteiger partial charge in [-0.05, 0) is 24.6 Å². The summed E-state index contributed by atoms with van der Waals surface area (Å²) in [5, 5.41) is 12.7. The largest absolute Gasteiger partial charge is 0.478 e. The molecule has 0 saturated carbocycles. The monoisotopic (exact) mass is 324 g/mol. The lowest BCUT2D eigenvalue weighted by Gasteiger charge is -2.18. The summed E-state index contributed by atoms with van der Waals surface area (Å²) in [7, 11) is -2.33. The molecule has 0 spiro atoms.